The van der Waals surface area contributed by atoms with Crippen molar-refractivity contribution in [2.75, 3.05) is 13.6 Å². The molecule has 0 saturated heterocycles. The number of carboxylic acid groups (broad SMARTS) is 1. The van der Waals surface area contributed by atoms with Gasteiger partial charge in [0.2, 0.25) is 0 Å². The molecular weight excluding hydrogens is 202 g/mol. The van der Waals surface area contributed by atoms with Gasteiger partial charge >= 0.3 is 5.97 Å². The van der Waals surface area contributed by atoms with E-state index in [9.17, 15) is 4.79 Å². The SMILES string of the molecule is CNCCC#Cc1cccc(C)c1C(=O)O. The van der Waals surface area contributed by atoms with Crippen molar-refractivity contribution in [3.63, 3.8) is 0 Å². The van der Waals surface area contributed by atoms with Crippen LogP contribution in [0.1, 0.15) is 27.9 Å². The molecule has 16 heavy (non-hydrogen) atoms. The van der Waals surface area contributed by atoms with Crippen molar-refractivity contribution in [1.82, 2.24) is 5.32 Å². The number of nitrogens with one attached hydrogen (secondary N) is 1. The summed E-state index contributed by atoms with van der Waals surface area (Å²) in [5.74, 6) is 4.93. The van der Waals surface area contributed by atoms with Gasteiger partial charge in [0.25, 0.3) is 0 Å². The minimum atomic E-state index is -0.920. The molecule has 1 rings (SSSR count). The Morgan fingerprint density at radius 1 is 1.50 bits per heavy atom. The lowest BCUT2D eigenvalue weighted by molar-refractivity contribution is 0.0696. The van der Waals surface area contributed by atoms with Gasteiger partial charge in [0, 0.05) is 18.5 Å². The molecule has 2 N–H and O–H groups in total. The Labute approximate surface area is 95.5 Å². The van der Waals surface area contributed by atoms with Crippen LogP contribution in [0.4, 0.5) is 0 Å². The van der Waals surface area contributed by atoms with Crippen LogP contribution < -0.4 is 5.32 Å². The van der Waals surface area contributed by atoms with E-state index >= 15 is 0 Å². The highest BCUT2D eigenvalue weighted by Gasteiger charge is 2.10. The van der Waals surface area contributed by atoms with Gasteiger partial charge in [-0.25, -0.2) is 4.79 Å². The monoisotopic (exact) mass is 217 g/mol. The minimum Gasteiger partial charge on any atom is -0.478 e. The number of aromatic carboxylic acids is 1. The number of carboxylic acids is 1. The molecule has 0 amide bonds. The maximum atomic E-state index is 11.1. The van der Waals surface area contributed by atoms with E-state index in [1.807, 2.05) is 13.1 Å². The van der Waals surface area contributed by atoms with Gasteiger partial charge in [-0.1, -0.05) is 24.0 Å². The van der Waals surface area contributed by atoms with E-state index in [2.05, 4.69) is 17.2 Å². The molecule has 0 aliphatic rings. The Kier molecular flexibility index (Phi) is 4.56. The van der Waals surface area contributed by atoms with Crippen molar-refractivity contribution in [3.8, 4) is 11.8 Å². The number of benzene rings is 1. The summed E-state index contributed by atoms with van der Waals surface area (Å²) in [6, 6.07) is 5.34. The smallest absolute Gasteiger partial charge is 0.337 e. The molecule has 1 aromatic rings. The van der Waals surface area contributed by atoms with Gasteiger partial charge in [0.05, 0.1) is 5.56 Å². The molecule has 3 heteroatoms. The Morgan fingerprint density at radius 3 is 2.88 bits per heavy atom. The number of hydrogen-bond donors (Lipinski definition) is 2. The topological polar surface area (TPSA) is 49.3 Å². The molecule has 0 aromatic heterocycles. The summed E-state index contributed by atoms with van der Waals surface area (Å²) in [5.41, 5.74) is 1.64. The molecule has 3 nitrogen and oxygen atoms in total. The van der Waals surface area contributed by atoms with Gasteiger partial charge in [-0.3, -0.25) is 0 Å². The Morgan fingerprint density at radius 2 is 2.25 bits per heavy atom. The molecule has 0 atom stereocenters. The molecule has 0 heterocycles. The lowest BCUT2D eigenvalue weighted by Gasteiger charge is -2.02. The average molecular weight is 217 g/mol. The predicted molar refractivity (Wildman–Crippen MR) is 63.6 cm³/mol. The van der Waals surface area contributed by atoms with Gasteiger partial charge in [0.1, 0.15) is 0 Å². The number of rotatable bonds is 3. The molecule has 84 valence electrons. The molecule has 1 aromatic carbocycles. The zero-order chi connectivity index (χ0) is 12.0. The van der Waals surface area contributed by atoms with Crippen LogP contribution in [-0.2, 0) is 0 Å². The van der Waals surface area contributed by atoms with Crippen molar-refractivity contribution in [2.24, 2.45) is 0 Å². The first kappa shape index (κ1) is 12.3. The Hall–Kier alpha value is -1.79. The molecule has 0 spiro atoms. The summed E-state index contributed by atoms with van der Waals surface area (Å²) in [5, 5.41) is 12.1. The minimum absolute atomic E-state index is 0.305. The van der Waals surface area contributed by atoms with Crippen LogP contribution in [-0.4, -0.2) is 24.7 Å². The van der Waals surface area contributed by atoms with Crippen LogP contribution in [0.2, 0.25) is 0 Å². The van der Waals surface area contributed by atoms with E-state index in [1.54, 1.807) is 19.1 Å². The van der Waals surface area contributed by atoms with E-state index in [4.69, 9.17) is 5.11 Å². The fraction of sp³-hybridized carbons (Fsp3) is 0.308. The first-order valence-electron chi connectivity index (χ1n) is 5.13. The lowest BCUT2D eigenvalue weighted by atomic mass is 10.0. The van der Waals surface area contributed by atoms with Gasteiger partial charge < -0.3 is 10.4 Å². The first-order chi connectivity index (χ1) is 7.66. The van der Waals surface area contributed by atoms with Crippen LogP contribution in [0.5, 0.6) is 0 Å². The Bertz CT molecular complexity index is 441. The molecule has 0 aliphatic heterocycles. The second-order valence-corrected chi connectivity index (χ2v) is 3.46. The van der Waals surface area contributed by atoms with Crippen molar-refractivity contribution in [2.45, 2.75) is 13.3 Å². The van der Waals surface area contributed by atoms with E-state index in [0.29, 0.717) is 17.5 Å². The lowest BCUT2D eigenvalue weighted by Crippen LogP contribution is -2.06. The fourth-order valence-electron chi connectivity index (χ4n) is 1.40. The summed E-state index contributed by atoms with van der Waals surface area (Å²) in [4.78, 5) is 11.1. The van der Waals surface area contributed by atoms with E-state index in [-0.39, 0.29) is 0 Å². The largest absolute Gasteiger partial charge is 0.478 e. The summed E-state index contributed by atoms with van der Waals surface area (Å²) in [6.45, 7) is 2.59. The normalized spacial score (nSPS) is 9.38. The molecule has 0 saturated carbocycles. The fourth-order valence-corrected chi connectivity index (χ4v) is 1.40. The van der Waals surface area contributed by atoms with Crippen molar-refractivity contribution < 1.29 is 9.90 Å². The summed E-state index contributed by atoms with van der Waals surface area (Å²) < 4.78 is 0. The number of hydrogen-bond acceptors (Lipinski definition) is 2. The van der Waals surface area contributed by atoms with Crippen molar-refractivity contribution >= 4 is 5.97 Å². The van der Waals surface area contributed by atoms with Crippen LogP contribution >= 0.6 is 0 Å². The predicted octanol–water partition coefficient (Wildman–Crippen LogP) is 1.65. The number of carbonyl (C=O) groups is 1. The molecule has 0 aliphatic carbocycles. The maximum absolute atomic E-state index is 11.1. The Balaban J connectivity index is 2.98. The molecule has 0 unspecified atom stereocenters. The van der Waals surface area contributed by atoms with Gasteiger partial charge in [0.15, 0.2) is 0 Å². The van der Waals surface area contributed by atoms with Crippen LogP contribution in [0.15, 0.2) is 18.2 Å². The number of aryl methyl sites for hydroxylation is 1. The second-order valence-electron chi connectivity index (χ2n) is 3.46. The third-order valence-electron chi connectivity index (χ3n) is 2.21. The zero-order valence-corrected chi connectivity index (χ0v) is 9.50. The highest BCUT2D eigenvalue weighted by atomic mass is 16.4. The van der Waals surface area contributed by atoms with E-state index < -0.39 is 5.97 Å². The van der Waals surface area contributed by atoms with Gasteiger partial charge in [-0.15, -0.1) is 0 Å². The van der Waals surface area contributed by atoms with Crippen LogP contribution in [0.25, 0.3) is 0 Å². The quantitative estimate of drug-likeness (QED) is 0.598. The molecule has 0 fully saturated rings. The molecule has 0 bridgehead atoms. The third kappa shape index (κ3) is 3.11. The van der Waals surface area contributed by atoms with E-state index in [0.717, 1.165) is 12.1 Å². The van der Waals surface area contributed by atoms with Gasteiger partial charge in [-0.2, -0.15) is 0 Å². The van der Waals surface area contributed by atoms with Crippen molar-refractivity contribution in [3.05, 3.63) is 34.9 Å². The highest BCUT2D eigenvalue weighted by molar-refractivity contribution is 5.92. The summed E-state index contributed by atoms with van der Waals surface area (Å²) in [6.07, 6.45) is 0.712. The first-order valence-corrected chi connectivity index (χ1v) is 5.13. The third-order valence-corrected chi connectivity index (χ3v) is 2.21. The maximum Gasteiger partial charge on any atom is 0.337 e. The summed E-state index contributed by atoms with van der Waals surface area (Å²) in [7, 11) is 1.86. The zero-order valence-electron chi connectivity index (χ0n) is 9.50. The van der Waals surface area contributed by atoms with E-state index in [1.165, 1.54) is 0 Å². The second kappa shape index (κ2) is 5.94. The standard InChI is InChI=1S/C13H15NO2/c1-10-6-5-8-11(12(10)13(15)16)7-3-4-9-14-2/h5-6,8,14H,4,9H2,1-2H3,(H,15,16). The van der Waals surface area contributed by atoms with Crippen LogP contribution in [0, 0.1) is 18.8 Å². The summed E-state index contributed by atoms with van der Waals surface area (Å²) >= 11 is 0. The van der Waals surface area contributed by atoms with Gasteiger partial charge in [-0.05, 0) is 25.6 Å². The highest BCUT2D eigenvalue weighted by Crippen LogP contribution is 2.13. The molecule has 0 radical (unpaired) electrons. The average Bonchev–Trinajstić information content (AvgIpc) is 2.24. The van der Waals surface area contributed by atoms with Crippen LogP contribution in [0.3, 0.4) is 0 Å². The van der Waals surface area contributed by atoms with Crippen molar-refractivity contribution in [1.29, 1.82) is 0 Å². The molecular formula is C13H15NO2.